The van der Waals surface area contributed by atoms with Gasteiger partial charge in [0, 0.05) is 25.5 Å². The monoisotopic (exact) mass is 360 g/mol. The largest absolute Gasteiger partial charge is 0.444 e. The Labute approximate surface area is 152 Å². The highest BCUT2D eigenvalue weighted by Gasteiger charge is 2.32. The summed E-state index contributed by atoms with van der Waals surface area (Å²) >= 11 is 0. The molecule has 2 aromatic heterocycles. The molecule has 0 bridgehead atoms. The van der Waals surface area contributed by atoms with E-state index in [1.165, 1.54) is 0 Å². The lowest BCUT2D eigenvalue weighted by molar-refractivity contribution is 0.00381. The number of hydrogen-bond donors (Lipinski definition) is 1. The van der Waals surface area contributed by atoms with Gasteiger partial charge in [-0.15, -0.1) is 10.2 Å². The molecule has 0 radical (unpaired) electrons. The van der Waals surface area contributed by atoms with Crippen molar-refractivity contribution in [2.24, 2.45) is 5.92 Å². The van der Waals surface area contributed by atoms with E-state index in [1.54, 1.807) is 23.4 Å². The van der Waals surface area contributed by atoms with Crippen LogP contribution in [0.1, 0.15) is 45.6 Å². The number of aliphatic hydroxyl groups is 1. The van der Waals surface area contributed by atoms with Crippen molar-refractivity contribution < 1.29 is 19.1 Å². The molecule has 1 aliphatic heterocycles. The van der Waals surface area contributed by atoms with Crippen LogP contribution in [-0.4, -0.2) is 50.0 Å². The van der Waals surface area contributed by atoms with Gasteiger partial charge in [0.05, 0.1) is 5.56 Å². The third-order valence-corrected chi connectivity index (χ3v) is 4.24. The maximum atomic E-state index is 12.1. The maximum Gasteiger partial charge on any atom is 0.410 e. The molecule has 3 rings (SSSR count). The molecule has 26 heavy (non-hydrogen) atoms. The van der Waals surface area contributed by atoms with Crippen LogP contribution in [-0.2, 0) is 4.74 Å². The molecular weight excluding hydrogens is 336 g/mol. The van der Waals surface area contributed by atoms with E-state index in [-0.39, 0.29) is 17.9 Å². The predicted molar refractivity (Wildman–Crippen MR) is 93.0 cm³/mol. The molecule has 1 saturated heterocycles. The highest BCUT2D eigenvalue weighted by molar-refractivity contribution is 5.68. The van der Waals surface area contributed by atoms with E-state index in [0.29, 0.717) is 37.4 Å². The third-order valence-electron chi connectivity index (χ3n) is 4.24. The summed E-state index contributed by atoms with van der Waals surface area (Å²) in [5.41, 5.74) is 0.193. The number of nitrogens with zero attached hydrogens (tertiary/aromatic N) is 4. The van der Waals surface area contributed by atoms with Gasteiger partial charge >= 0.3 is 6.09 Å². The van der Waals surface area contributed by atoms with E-state index in [4.69, 9.17) is 9.15 Å². The second-order valence-electron chi connectivity index (χ2n) is 7.44. The number of amides is 1. The fraction of sp³-hybridized carbons (Fsp3) is 0.556. The van der Waals surface area contributed by atoms with Crippen LogP contribution in [0.5, 0.6) is 0 Å². The van der Waals surface area contributed by atoms with Crippen molar-refractivity contribution in [2.75, 3.05) is 13.1 Å². The number of likely N-dealkylation sites (tertiary alicyclic amines) is 1. The van der Waals surface area contributed by atoms with Gasteiger partial charge in [-0.05, 0) is 51.7 Å². The van der Waals surface area contributed by atoms with Crippen molar-refractivity contribution in [3.63, 3.8) is 0 Å². The van der Waals surface area contributed by atoms with Crippen LogP contribution in [0.15, 0.2) is 28.9 Å². The average Bonchev–Trinajstić information content (AvgIpc) is 3.11. The first-order chi connectivity index (χ1) is 12.3. The summed E-state index contributed by atoms with van der Waals surface area (Å²) < 4.78 is 11.0. The number of rotatable bonds is 3. The zero-order chi connectivity index (χ0) is 18.7. The zero-order valence-corrected chi connectivity index (χ0v) is 15.3. The fourth-order valence-electron chi connectivity index (χ4n) is 2.89. The van der Waals surface area contributed by atoms with Gasteiger partial charge in [0.2, 0.25) is 11.8 Å². The molecule has 0 aliphatic carbocycles. The van der Waals surface area contributed by atoms with Crippen molar-refractivity contribution in [2.45, 2.75) is 45.3 Å². The second kappa shape index (κ2) is 7.41. The van der Waals surface area contributed by atoms with Crippen molar-refractivity contribution in [3.8, 4) is 11.5 Å². The van der Waals surface area contributed by atoms with Gasteiger partial charge in [-0.3, -0.25) is 4.98 Å². The van der Waals surface area contributed by atoms with Crippen LogP contribution in [0.4, 0.5) is 4.79 Å². The van der Waals surface area contributed by atoms with Crippen LogP contribution in [0.25, 0.3) is 11.5 Å². The lowest BCUT2D eigenvalue weighted by Gasteiger charge is -2.34. The van der Waals surface area contributed by atoms with Gasteiger partial charge in [0.15, 0.2) is 0 Å². The Bertz CT molecular complexity index is 733. The summed E-state index contributed by atoms with van der Waals surface area (Å²) in [4.78, 5) is 17.8. The minimum atomic E-state index is -0.853. The second-order valence-corrected chi connectivity index (χ2v) is 7.44. The topological polar surface area (TPSA) is 102 Å². The number of carbonyl (C=O) groups excluding carboxylic acids is 1. The zero-order valence-electron chi connectivity index (χ0n) is 15.3. The Kier molecular flexibility index (Phi) is 5.22. The first kappa shape index (κ1) is 18.3. The highest BCUT2D eigenvalue weighted by atomic mass is 16.6. The van der Waals surface area contributed by atoms with E-state index in [9.17, 15) is 9.90 Å². The minimum absolute atomic E-state index is 0.0455. The SMILES string of the molecule is CC(C)(C)OC(=O)N1CCC(C(O)c2nnc(-c3cccnc3)o2)CC1. The molecule has 1 fully saturated rings. The van der Waals surface area contributed by atoms with E-state index in [0.717, 1.165) is 0 Å². The van der Waals surface area contributed by atoms with Crippen LogP contribution < -0.4 is 0 Å². The summed E-state index contributed by atoms with van der Waals surface area (Å²) in [5.74, 6) is 0.480. The summed E-state index contributed by atoms with van der Waals surface area (Å²) in [6.07, 6.45) is 3.41. The van der Waals surface area contributed by atoms with Crippen LogP contribution in [0, 0.1) is 5.92 Å². The molecule has 1 N–H and O–H groups in total. The maximum absolute atomic E-state index is 12.1. The number of aliphatic hydroxyl groups excluding tert-OH is 1. The first-order valence-electron chi connectivity index (χ1n) is 8.73. The van der Waals surface area contributed by atoms with Gasteiger partial charge < -0.3 is 19.2 Å². The average molecular weight is 360 g/mol. The molecule has 0 aromatic carbocycles. The lowest BCUT2D eigenvalue weighted by Crippen LogP contribution is -2.42. The van der Waals surface area contributed by atoms with E-state index in [2.05, 4.69) is 15.2 Å². The molecule has 8 heteroatoms. The minimum Gasteiger partial charge on any atom is -0.444 e. The molecule has 140 valence electrons. The van der Waals surface area contributed by atoms with Gasteiger partial charge in [0.25, 0.3) is 0 Å². The molecule has 0 spiro atoms. The van der Waals surface area contributed by atoms with Crippen molar-refractivity contribution >= 4 is 6.09 Å². The van der Waals surface area contributed by atoms with Crippen molar-refractivity contribution in [1.29, 1.82) is 0 Å². The Morgan fingerprint density at radius 1 is 1.35 bits per heavy atom. The Balaban J connectivity index is 1.58. The molecule has 3 heterocycles. The summed E-state index contributed by atoms with van der Waals surface area (Å²) in [7, 11) is 0. The Morgan fingerprint density at radius 2 is 2.08 bits per heavy atom. The Hall–Kier alpha value is -2.48. The number of carbonyl (C=O) groups is 1. The number of piperidine rings is 1. The van der Waals surface area contributed by atoms with E-state index >= 15 is 0 Å². The van der Waals surface area contributed by atoms with Crippen LogP contribution in [0.2, 0.25) is 0 Å². The van der Waals surface area contributed by atoms with Gasteiger partial charge in [-0.25, -0.2) is 4.79 Å². The molecule has 8 nitrogen and oxygen atoms in total. The number of pyridine rings is 1. The third kappa shape index (κ3) is 4.37. The molecular formula is C18H24N4O4. The lowest BCUT2D eigenvalue weighted by atomic mass is 9.91. The van der Waals surface area contributed by atoms with Gasteiger partial charge in [-0.2, -0.15) is 0 Å². The van der Waals surface area contributed by atoms with Crippen LogP contribution >= 0.6 is 0 Å². The van der Waals surface area contributed by atoms with Gasteiger partial charge in [0.1, 0.15) is 11.7 Å². The summed E-state index contributed by atoms with van der Waals surface area (Å²) in [6.45, 7) is 6.59. The summed E-state index contributed by atoms with van der Waals surface area (Å²) in [6, 6.07) is 3.60. The molecule has 2 aromatic rings. The molecule has 1 aliphatic rings. The standard InChI is InChI=1S/C18H24N4O4/c1-18(2,3)26-17(24)22-9-6-12(7-10-22)14(23)16-21-20-15(25-16)13-5-4-8-19-11-13/h4-5,8,11-12,14,23H,6-7,9-10H2,1-3H3. The quantitative estimate of drug-likeness (QED) is 0.898. The Morgan fingerprint density at radius 3 is 2.69 bits per heavy atom. The molecule has 0 saturated carbocycles. The van der Waals surface area contributed by atoms with Gasteiger partial charge in [-0.1, -0.05) is 0 Å². The van der Waals surface area contributed by atoms with Crippen LogP contribution in [0.3, 0.4) is 0 Å². The number of hydrogen-bond acceptors (Lipinski definition) is 7. The fourth-order valence-corrected chi connectivity index (χ4v) is 2.89. The first-order valence-corrected chi connectivity index (χ1v) is 8.73. The van der Waals surface area contributed by atoms with Crippen molar-refractivity contribution in [1.82, 2.24) is 20.1 Å². The van der Waals surface area contributed by atoms with Crippen molar-refractivity contribution in [3.05, 3.63) is 30.4 Å². The van der Waals surface area contributed by atoms with E-state index in [1.807, 2.05) is 26.8 Å². The predicted octanol–water partition coefficient (Wildman–Crippen LogP) is 2.81. The van der Waals surface area contributed by atoms with E-state index < -0.39 is 11.7 Å². The summed E-state index contributed by atoms with van der Waals surface area (Å²) in [5, 5.41) is 18.5. The molecule has 1 unspecified atom stereocenters. The number of ether oxygens (including phenoxy) is 1. The molecule has 1 amide bonds. The normalized spacial score (nSPS) is 17.2. The number of aromatic nitrogens is 3. The highest BCUT2D eigenvalue weighted by Crippen LogP contribution is 2.31. The smallest absolute Gasteiger partial charge is 0.410 e. The molecule has 1 atom stereocenters.